The van der Waals surface area contributed by atoms with Crippen molar-refractivity contribution in [3.8, 4) is 0 Å². The fourth-order valence-electron chi connectivity index (χ4n) is 3.09. The fraction of sp³-hybridized carbons (Fsp3) is 0.474. The van der Waals surface area contributed by atoms with Gasteiger partial charge >= 0.3 is 0 Å². The number of hydrogen-bond acceptors (Lipinski definition) is 2. The predicted molar refractivity (Wildman–Crippen MR) is 89.4 cm³/mol. The van der Waals surface area contributed by atoms with Crippen molar-refractivity contribution in [2.24, 2.45) is 5.92 Å². The highest BCUT2D eigenvalue weighted by atomic mass is 16.2. The molecule has 0 fully saturated rings. The molecule has 1 amide bonds. The van der Waals surface area contributed by atoms with E-state index in [9.17, 15) is 9.59 Å². The van der Waals surface area contributed by atoms with Crippen molar-refractivity contribution >= 4 is 17.3 Å². The molecule has 3 heteroatoms. The summed E-state index contributed by atoms with van der Waals surface area (Å²) in [6, 6.07) is 7.68. The van der Waals surface area contributed by atoms with E-state index in [4.69, 9.17) is 0 Å². The van der Waals surface area contributed by atoms with Crippen molar-refractivity contribution in [2.45, 2.75) is 52.9 Å². The van der Waals surface area contributed by atoms with Crippen molar-refractivity contribution in [1.82, 2.24) is 5.32 Å². The van der Waals surface area contributed by atoms with Crippen molar-refractivity contribution in [2.75, 3.05) is 0 Å². The molecule has 0 radical (unpaired) electrons. The Labute approximate surface area is 132 Å². The van der Waals surface area contributed by atoms with Gasteiger partial charge in [-0.05, 0) is 36.3 Å². The zero-order valence-corrected chi connectivity index (χ0v) is 13.7. The Balaban J connectivity index is 2.39. The van der Waals surface area contributed by atoms with Crippen molar-refractivity contribution < 1.29 is 9.59 Å². The SMILES string of the molecule is CCCCC(=O)NC1=C(C(CC)CC)c2ccccc2C1=O. The van der Waals surface area contributed by atoms with Gasteiger partial charge in [0.15, 0.2) is 0 Å². The average Bonchev–Trinajstić information content (AvgIpc) is 2.81. The summed E-state index contributed by atoms with van der Waals surface area (Å²) in [6.45, 7) is 6.31. The van der Waals surface area contributed by atoms with Gasteiger partial charge in [0.25, 0.3) is 0 Å². The molecule has 1 N–H and O–H groups in total. The van der Waals surface area contributed by atoms with E-state index in [2.05, 4.69) is 26.1 Å². The number of ketones is 1. The van der Waals surface area contributed by atoms with Gasteiger partial charge in [-0.3, -0.25) is 9.59 Å². The molecular formula is C19H25NO2. The second-order valence-electron chi connectivity index (χ2n) is 5.83. The number of carbonyl (C=O) groups excluding carboxylic acids is 2. The lowest BCUT2D eigenvalue weighted by Gasteiger charge is -2.17. The number of unbranched alkanes of at least 4 members (excludes halogenated alkanes) is 1. The Kier molecular flexibility index (Phi) is 5.53. The van der Waals surface area contributed by atoms with Crippen LogP contribution in [0.1, 0.15) is 68.8 Å². The van der Waals surface area contributed by atoms with Gasteiger partial charge in [-0.15, -0.1) is 0 Å². The van der Waals surface area contributed by atoms with Crippen LogP contribution in [-0.2, 0) is 4.79 Å². The Bertz CT molecular complexity index is 597. The van der Waals surface area contributed by atoms with Crippen LogP contribution in [0.5, 0.6) is 0 Å². The van der Waals surface area contributed by atoms with Crippen molar-refractivity contribution in [1.29, 1.82) is 0 Å². The molecule has 0 aromatic heterocycles. The van der Waals surface area contributed by atoms with Crippen LogP contribution in [0, 0.1) is 5.92 Å². The minimum absolute atomic E-state index is 0.0395. The maximum absolute atomic E-state index is 12.7. The van der Waals surface area contributed by atoms with Crippen LogP contribution in [0.25, 0.3) is 5.57 Å². The van der Waals surface area contributed by atoms with Gasteiger partial charge in [-0.1, -0.05) is 51.5 Å². The van der Waals surface area contributed by atoms with Gasteiger partial charge in [0.2, 0.25) is 11.7 Å². The summed E-state index contributed by atoms with van der Waals surface area (Å²) in [5.74, 6) is 0.206. The predicted octanol–water partition coefficient (Wildman–Crippen LogP) is 4.34. The summed E-state index contributed by atoms with van der Waals surface area (Å²) in [5, 5.41) is 2.90. The van der Waals surface area contributed by atoms with Crippen LogP contribution < -0.4 is 5.32 Å². The smallest absolute Gasteiger partial charge is 0.224 e. The quantitative estimate of drug-likeness (QED) is 0.814. The maximum atomic E-state index is 12.7. The van der Waals surface area contributed by atoms with Crippen LogP contribution in [0.3, 0.4) is 0 Å². The monoisotopic (exact) mass is 299 g/mol. The molecule has 0 saturated heterocycles. The van der Waals surface area contributed by atoms with Crippen molar-refractivity contribution in [3.05, 3.63) is 41.1 Å². The minimum Gasteiger partial charge on any atom is -0.323 e. The molecule has 0 heterocycles. The lowest BCUT2D eigenvalue weighted by molar-refractivity contribution is -0.120. The van der Waals surface area contributed by atoms with E-state index in [1.54, 1.807) is 0 Å². The van der Waals surface area contributed by atoms with Gasteiger partial charge in [0, 0.05) is 12.0 Å². The fourth-order valence-corrected chi connectivity index (χ4v) is 3.09. The molecule has 0 spiro atoms. The molecule has 1 aromatic rings. The number of Topliss-reactive ketones (excluding diaryl/α,β-unsaturated/α-hetero) is 1. The third-order valence-corrected chi connectivity index (χ3v) is 4.37. The highest BCUT2D eigenvalue weighted by Crippen LogP contribution is 2.39. The zero-order chi connectivity index (χ0) is 16.1. The molecule has 0 unspecified atom stereocenters. The normalized spacial score (nSPS) is 13.7. The Morgan fingerprint density at radius 2 is 1.73 bits per heavy atom. The third-order valence-electron chi connectivity index (χ3n) is 4.37. The first-order valence-corrected chi connectivity index (χ1v) is 8.32. The lowest BCUT2D eigenvalue weighted by Crippen LogP contribution is -2.27. The average molecular weight is 299 g/mol. The molecule has 0 bridgehead atoms. The van der Waals surface area contributed by atoms with Crippen molar-refractivity contribution in [3.63, 3.8) is 0 Å². The minimum atomic E-state index is -0.0542. The highest BCUT2D eigenvalue weighted by molar-refractivity contribution is 6.21. The Morgan fingerprint density at radius 1 is 1.09 bits per heavy atom. The van der Waals surface area contributed by atoms with Gasteiger partial charge < -0.3 is 5.32 Å². The first kappa shape index (κ1) is 16.5. The summed E-state index contributed by atoms with van der Waals surface area (Å²) in [5.41, 5.74) is 3.24. The number of benzene rings is 1. The summed E-state index contributed by atoms with van der Waals surface area (Å²) in [6.07, 6.45) is 4.21. The maximum Gasteiger partial charge on any atom is 0.224 e. The van der Waals surface area contributed by atoms with E-state index < -0.39 is 0 Å². The topological polar surface area (TPSA) is 46.2 Å². The second-order valence-corrected chi connectivity index (χ2v) is 5.83. The number of amides is 1. The number of rotatable bonds is 7. The van der Waals surface area contributed by atoms with E-state index in [-0.39, 0.29) is 11.7 Å². The first-order valence-electron chi connectivity index (χ1n) is 8.32. The molecule has 1 aliphatic carbocycles. The molecule has 22 heavy (non-hydrogen) atoms. The van der Waals surface area contributed by atoms with Gasteiger partial charge in [-0.2, -0.15) is 0 Å². The van der Waals surface area contributed by atoms with Crippen LogP contribution in [-0.4, -0.2) is 11.7 Å². The number of nitrogens with one attached hydrogen (secondary N) is 1. The van der Waals surface area contributed by atoms with E-state index in [0.717, 1.165) is 42.4 Å². The third kappa shape index (κ3) is 3.13. The van der Waals surface area contributed by atoms with Crippen LogP contribution in [0.2, 0.25) is 0 Å². The zero-order valence-electron chi connectivity index (χ0n) is 13.7. The number of allylic oxidation sites excluding steroid dienone is 2. The number of fused-ring (bicyclic) bond motifs is 1. The molecule has 0 atom stereocenters. The molecule has 0 saturated carbocycles. The van der Waals surface area contributed by atoms with Gasteiger partial charge in [0.1, 0.15) is 0 Å². The first-order chi connectivity index (χ1) is 10.6. The van der Waals surface area contributed by atoms with E-state index in [0.29, 0.717) is 18.0 Å². The summed E-state index contributed by atoms with van der Waals surface area (Å²) in [7, 11) is 0. The van der Waals surface area contributed by atoms with Crippen LogP contribution >= 0.6 is 0 Å². The second kappa shape index (κ2) is 7.39. The van der Waals surface area contributed by atoms with E-state index >= 15 is 0 Å². The van der Waals surface area contributed by atoms with Gasteiger partial charge in [-0.25, -0.2) is 0 Å². The molecule has 1 aromatic carbocycles. The lowest BCUT2D eigenvalue weighted by atomic mass is 9.89. The van der Waals surface area contributed by atoms with E-state index in [1.165, 1.54) is 0 Å². The largest absolute Gasteiger partial charge is 0.323 e. The summed E-state index contributed by atoms with van der Waals surface area (Å²) < 4.78 is 0. The Morgan fingerprint density at radius 3 is 2.32 bits per heavy atom. The van der Waals surface area contributed by atoms with Gasteiger partial charge in [0.05, 0.1) is 5.70 Å². The van der Waals surface area contributed by atoms with Crippen LogP contribution in [0.15, 0.2) is 30.0 Å². The molecule has 0 aliphatic heterocycles. The molecule has 3 nitrogen and oxygen atoms in total. The van der Waals surface area contributed by atoms with Crippen LogP contribution in [0.4, 0.5) is 0 Å². The molecule has 118 valence electrons. The molecular weight excluding hydrogens is 274 g/mol. The highest BCUT2D eigenvalue weighted by Gasteiger charge is 2.33. The molecule has 1 aliphatic rings. The summed E-state index contributed by atoms with van der Waals surface area (Å²) >= 11 is 0. The molecule has 2 rings (SSSR count). The van der Waals surface area contributed by atoms with E-state index in [1.807, 2.05) is 24.3 Å². The Hall–Kier alpha value is -1.90. The number of carbonyl (C=O) groups is 2. The summed E-state index contributed by atoms with van der Waals surface area (Å²) in [4.78, 5) is 24.8. The number of hydrogen-bond donors (Lipinski definition) is 1. The standard InChI is InChI=1S/C19H25NO2/c1-4-7-12-16(21)20-18-17(13(5-2)6-3)14-10-8-9-11-15(14)19(18)22/h8-11,13H,4-7,12H2,1-3H3,(H,20,21,22).